The van der Waals surface area contributed by atoms with E-state index in [9.17, 15) is 13.2 Å². The maximum absolute atomic E-state index is 12.6. The van der Waals surface area contributed by atoms with Gasteiger partial charge in [-0.15, -0.1) is 0 Å². The SMILES string of the molecule is CCN1CCN(S(=O)(=O)c2ccc(OCC(=O)OC)cc2)CC1. The summed E-state index contributed by atoms with van der Waals surface area (Å²) >= 11 is 0. The minimum atomic E-state index is -3.49. The van der Waals surface area contributed by atoms with Crippen molar-refractivity contribution in [3.8, 4) is 5.75 Å². The molecule has 1 aliphatic heterocycles. The van der Waals surface area contributed by atoms with Gasteiger partial charge in [-0.2, -0.15) is 4.31 Å². The van der Waals surface area contributed by atoms with Gasteiger partial charge in [-0.3, -0.25) is 0 Å². The first-order valence-electron chi connectivity index (χ1n) is 7.49. The van der Waals surface area contributed by atoms with E-state index in [2.05, 4.69) is 16.6 Å². The molecular weight excluding hydrogens is 320 g/mol. The highest BCUT2D eigenvalue weighted by molar-refractivity contribution is 7.89. The van der Waals surface area contributed by atoms with E-state index in [0.717, 1.165) is 19.6 Å². The molecule has 128 valence electrons. The molecule has 7 nitrogen and oxygen atoms in total. The molecule has 1 aromatic rings. The number of esters is 1. The fourth-order valence-electron chi connectivity index (χ4n) is 2.34. The number of hydrogen-bond acceptors (Lipinski definition) is 6. The molecule has 0 unspecified atom stereocenters. The Bertz CT molecular complexity index is 622. The molecule has 1 heterocycles. The molecule has 0 saturated carbocycles. The number of ether oxygens (including phenoxy) is 2. The molecule has 0 atom stereocenters. The molecule has 8 heteroatoms. The minimum Gasteiger partial charge on any atom is -0.482 e. The zero-order chi connectivity index (χ0) is 16.9. The zero-order valence-corrected chi connectivity index (χ0v) is 14.2. The van der Waals surface area contributed by atoms with Gasteiger partial charge < -0.3 is 14.4 Å². The summed E-state index contributed by atoms with van der Waals surface area (Å²) in [4.78, 5) is 13.5. The standard InChI is InChI=1S/C15H22N2O5S/c1-3-16-8-10-17(11-9-16)23(19,20)14-6-4-13(5-7-14)22-12-15(18)21-2/h4-7H,3,8-12H2,1-2H3. The number of carbonyl (C=O) groups is 1. The molecule has 0 aromatic heterocycles. The maximum atomic E-state index is 12.6. The molecule has 0 amide bonds. The van der Waals surface area contributed by atoms with Crippen LogP contribution in [0.3, 0.4) is 0 Å². The number of likely N-dealkylation sites (N-methyl/N-ethyl adjacent to an activating group) is 1. The molecule has 1 fully saturated rings. The van der Waals surface area contributed by atoms with Gasteiger partial charge in [0, 0.05) is 26.2 Å². The van der Waals surface area contributed by atoms with E-state index in [4.69, 9.17) is 4.74 Å². The van der Waals surface area contributed by atoms with Crippen LogP contribution in [0.5, 0.6) is 5.75 Å². The number of hydrogen-bond donors (Lipinski definition) is 0. The minimum absolute atomic E-state index is 0.207. The van der Waals surface area contributed by atoms with E-state index in [1.165, 1.54) is 35.7 Å². The first-order chi connectivity index (χ1) is 11.0. The fraction of sp³-hybridized carbons (Fsp3) is 0.533. The molecule has 0 radical (unpaired) electrons. The van der Waals surface area contributed by atoms with E-state index < -0.39 is 16.0 Å². The molecule has 0 aliphatic carbocycles. The highest BCUT2D eigenvalue weighted by Crippen LogP contribution is 2.20. The summed E-state index contributed by atoms with van der Waals surface area (Å²) in [6, 6.07) is 6.07. The second-order valence-corrected chi connectivity index (χ2v) is 7.11. The second-order valence-electron chi connectivity index (χ2n) is 5.17. The van der Waals surface area contributed by atoms with Crippen molar-refractivity contribution in [3.63, 3.8) is 0 Å². The van der Waals surface area contributed by atoms with Gasteiger partial charge in [0.15, 0.2) is 6.61 Å². The summed E-state index contributed by atoms with van der Waals surface area (Å²) < 4.78 is 36.4. The van der Waals surface area contributed by atoms with Crippen molar-refractivity contribution in [2.75, 3.05) is 46.4 Å². The summed E-state index contributed by atoms with van der Waals surface area (Å²) in [5.41, 5.74) is 0. The Morgan fingerprint density at radius 1 is 1.13 bits per heavy atom. The molecule has 1 saturated heterocycles. The van der Waals surface area contributed by atoms with Crippen LogP contribution in [0.1, 0.15) is 6.92 Å². The molecule has 23 heavy (non-hydrogen) atoms. The third kappa shape index (κ3) is 4.43. The van der Waals surface area contributed by atoms with Crippen LogP contribution in [0.2, 0.25) is 0 Å². The average Bonchev–Trinajstić information content (AvgIpc) is 2.60. The molecule has 0 bridgehead atoms. The van der Waals surface area contributed by atoms with Crippen molar-refractivity contribution in [3.05, 3.63) is 24.3 Å². The van der Waals surface area contributed by atoms with Crippen LogP contribution in [0, 0.1) is 0 Å². The van der Waals surface area contributed by atoms with E-state index >= 15 is 0 Å². The van der Waals surface area contributed by atoms with Gasteiger partial charge in [0.2, 0.25) is 10.0 Å². The van der Waals surface area contributed by atoms with Crippen molar-refractivity contribution >= 4 is 16.0 Å². The molecule has 0 N–H and O–H groups in total. The lowest BCUT2D eigenvalue weighted by molar-refractivity contribution is -0.142. The number of sulfonamides is 1. The number of carbonyl (C=O) groups excluding carboxylic acids is 1. The summed E-state index contributed by atoms with van der Waals surface area (Å²) in [6.45, 7) is 5.28. The van der Waals surface area contributed by atoms with E-state index in [1.54, 1.807) is 0 Å². The van der Waals surface area contributed by atoms with Crippen LogP contribution >= 0.6 is 0 Å². The van der Waals surface area contributed by atoms with Crippen LogP contribution < -0.4 is 4.74 Å². The molecular formula is C15H22N2O5S. The van der Waals surface area contributed by atoms with E-state index in [0.29, 0.717) is 18.8 Å². The Hall–Kier alpha value is -1.64. The van der Waals surface area contributed by atoms with Crippen molar-refractivity contribution in [1.29, 1.82) is 0 Å². The normalized spacial score (nSPS) is 17.0. The third-order valence-corrected chi connectivity index (χ3v) is 5.74. The summed E-state index contributed by atoms with van der Waals surface area (Å²) in [5, 5.41) is 0. The topological polar surface area (TPSA) is 76.2 Å². The smallest absolute Gasteiger partial charge is 0.343 e. The molecule has 0 spiro atoms. The Labute approximate surface area is 136 Å². The van der Waals surface area contributed by atoms with Crippen LogP contribution in [-0.4, -0.2) is 70.0 Å². The van der Waals surface area contributed by atoms with Gasteiger partial charge in [0.05, 0.1) is 12.0 Å². The van der Waals surface area contributed by atoms with Crippen molar-refractivity contribution in [2.24, 2.45) is 0 Å². The Balaban J connectivity index is 2.01. The quantitative estimate of drug-likeness (QED) is 0.704. The van der Waals surface area contributed by atoms with Gasteiger partial charge in [-0.05, 0) is 30.8 Å². The molecule has 1 aromatic carbocycles. The zero-order valence-electron chi connectivity index (χ0n) is 13.4. The fourth-order valence-corrected chi connectivity index (χ4v) is 3.77. The first-order valence-corrected chi connectivity index (χ1v) is 8.93. The highest BCUT2D eigenvalue weighted by Gasteiger charge is 2.27. The number of rotatable bonds is 6. The highest BCUT2D eigenvalue weighted by atomic mass is 32.2. The Morgan fingerprint density at radius 3 is 2.26 bits per heavy atom. The van der Waals surface area contributed by atoms with Crippen LogP contribution in [0.15, 0.2) is 29.2 Å². The van der Waals surface area contributed by atoms with Gasteiger partial charge in [0.25, 0.3) is 0 Å². The van der Waals surface area contributed by atoms with Crippen LogP contribution in [0.4, 0.5) is 0 Å². The number of piperazine rings is 1. The van der Waals surface area contributed by atoms with Crippen LogP contribution in [0.25, 0.3) is 0 Å². The van der Waals surface area contributed by atoms with Crippen molar-refractivity contribution in [1.82, 2.24) is 9.21 Å². The summed E-state index contributed by atoms with van der Waals surface area (Å²) in [6.07, 6.45) is 0. The molecule has 1 aliphatic rings. The Kier molecular flexibility index (Phi) is 5.97. The predicted molar refractivity (Wildman–Crippen MR) is 84.8 cm³/mol. The summed E-state index contributed by atoms with van der Waals surface area (Å²) in [5.74, 6) is -0.0688. The van der Waals surface area contributed by atoms with Crippen molar-refractivity contribution in [2.45, 2.75) is 11.8 Å². The van der Waals surface area contributed by atoms with E-state index in [1.807, 2.05) is 0 Å². The lowest BCUT2D eigenvalue weighted by Gasteiger charge is -2.33. The van der Waals surface area contributed by atoms with Gasteiger partial charge >= 0.3 is 5.97 Å². The van der Waals surface area contributed by atoms with Gasteiger partial charge in [-0.25, -0.2) is 13.2 Å². The van der Waals surface area contributed by atoms with E-state index in [-0.39, 0.29) is 11.5 Å². The van der Waals surface area contributed by atoms with Gasteiger partial charge in [-0.1, -0.05) is 6.92 Å². The summed E-state index contributed by atoms with van der Waals surface area (Å²) in [7, 11) is -2.21. The lowest BCUT2D eigenvalue weighted by atomic mass is 10.3. The number of methoxy groups -OCH3 is 1. The average molecular weight is 342 g/mol. The van der Waals surface area contributed by atoms with Crippen LogP contribution in [-0.2, 0) is 19.6 Å². The second kappa shape index (κ2) is 7.76. The maximum Gasteiger partial charge on any atom is 0.343 e. The first kappa shape index (κ1) is 17.7. The number of benzene rings is 1. The predicted octanol–water partition coefficient (Wildman–Crippen LogP) is 0.565. The largest absolute Gasteiger partial charge is 0.482 e. The third-order valence-electron chi connectivity index (χ3n) is 3.82. The monoisotopic (exact) mass is 342 g/mol. The lowest BCUT2D eigenvalue weighted by Crippen LogP contribution is -2.48. The number of nitrogens with zero attached hydrogens (tertiary/aromatic N) is 2. The van der Waals surface area contributed by atoms with Gasteiger partial charge in [0.1, 0.15) is 5.75 Å². The molecule has 2 rings (SSSR count). The van der Waals surface area contributed by atoms with Crippen molar-refractivity contribution < 1.29 is 22.7 Å². The Morgan fingerprint density at radius 2 is 1.74 bits per heavy atom.